The third kappa shape index (κ3) is 3.01. The number of piperidine rings is 1. The Kier molecular flexibility index (Phi) is 4.08. The molecule has 2 heterocycles. The van der Waals surface area contributed by atoms with Gasteiger partial charge in [-0.1, -0.05) is 31.2 Å². The predicted molar refractivity (Wildman–Crippen MR) is 88.6 cm³/mol. The fourth-order valence-corrected chi connectivity index (χ4v) is 3.48. The molecule has 3 nitrogen and oxygen atoms in total. The Morgan fingerprint density at radius 3 is 2.67 bits per heavy atom. The van der Waals surface area contributed by atoms with Gasteiger partial charge in [0.15, 0.2) is 0 Å². The molecule has 0 spiro atoms. The third-order valence-corrected chi connectivity index (χ3v) is 5.12. The molecule has 1 aliphatic rings. The second-order valence-electron chi connectivity index (χ2n) is 5.79. The van der Waals surface area contributed by atoms with E-state index in [0.717, 1.165) is 37.2 Å². The van der Waals surface area contributed by atoms with Crippen LogP contribution < -0.4 is 10.6 Å². The Hall–Kier alpha value is -1.65. The average Bonchev–Trinajstić information content (AvgIpc) is 3.02. The number of anilines is 1. The van der Waals surface area contributed by atoms with Crippen LogP contribution in [0.25, 0.3) is 10.4 Å². The van der Waals surface area contributed by atoms with Crippen molar-refractivity contribution < 1.29 is 4.79 Å². The van der Waals surface area contributed by atoms with Crippen LogP contribution in [0.5, 0.6) is 0 Å². The van der Waals surface area contributed by atoms with E-state index in [-0.39, 0.29) is 11.3 Å². The Labute approximate surface area is 129 Å². The van der Waals surface area contributed by atoms with Crippen molar-refractivity contribution in [1.29, 1.82) is 0 Å². The van der Waals surface area contributed by atoms with Crippen LogP contribution in [0.2, 0.25) is 0 Å². The van der Waals surface area contributed by atoms with Gasteiger partial charge in [0.25, 0.3) is 0 Å². The van der Waals surface area contributed by atoms with E-state index >= 15 is 0 Å². The number of rotatable bonds is 3. The van der Waals surface area contributed by atoms with Gasteiger partial charge < -0.3 is 10.6 Å². The van der Waals surface area contributed by atoms with E-state index in [2.05, 4.69) is 35.1 Å². The van der Waals surface area contributed by atoms with Gasteiger partial charge in [-0.25, -0.2) is 0 Å². The Morgan fingerprint density at radius 1 is 1.19 bits per heavy atom. The van der Waals surface area contributed by atoms with E-state index in [1.54, 1.807) is 11.3 Å². The van der Waals surface area contributed by atoms with Gasteiger partial charge in [0.1, 0.15) is 0 Å². The van der Waals surface area contributed by atoms with Gasteiger partial charge >= 0.3 is 0 Å². The van der Waals surface area contributed by atoms with Crippen molar-refractivity contribution in [3.8, 4) is 10.4 Å². The molecule has 4 heteroatoms. The second kappa shape index (κ2) is 6.00. The molecular weight excluding hydrogens is 280 g/mol. The summed E-state index contributed by atoms with van der Waals surface area (Å²) in [6, 6.07) is 12.1. The van der Waals surface area contributed by atoms with E-state index in [9.17, 15) is 4.79 Å². The molecule has 1 aliphatic heterocycles. The highest BCUT2D eigenvalue weighted by Gasteiger charge is 2.34. The van der Waals surface area contributed by atoms with Crippen LogP contribution >= 0.6 is 11.3 Å². The van der Waals surface area contributed by atoms with Crippen LogP contribution in [0.3, 0.4) is 0 Å². The molecule has 0 saturated carbocycles. The molecular formula is C17H20N2OS. The molecule has 1 saturated heterocycles. The molecule has 1 aromatic heterocycles. The maximum Gasteiger partial charge on any atom is 0.230 e. The van der Waals surface area contributed by atoms with Gasteiger partial charge in [-0.2, -0.15) is 0 Å². The molecule has 3 rings (SSSR count). The fraction of sp³-hybridized carbons (Fsp3) is 0.353. The number of carbonyl (C=O) groups excluding carboxylic acids is 1. The maximum absolute atomic E-state index is 12.7. The van der Waals surface area contributed by atoms with Crippen LogP contribution in [-0.2, 0) is 4.79 Å². The van der Waals surface area contributed by atoms with E-state index in [4.69, 9.17) is 0 Å². The van der Waals surface area contributed by atoms with Crippen molar-refractivity contribution in [2.75, 3.05) is 18.4 Å². The molecule has 0 aliphatic carbocycles. The summed E-state index contributed by atoms with van der Waals surface area (Å²) in [6.07, 6.45) is 1.78. The highest BCUT2D eigenvalue weighted by Crippen LogP contribution is 2.34. The summed E-state index contributed by atoms with van der Waals surface area (Å²) in [5.74, 6) is 0.132. The zero-order chi connectivity index (χ0) is 14.7. The quantitative estimate of drug-likeness (QED) is 0.906. The normalized spacial score (nSPS) is 17.4. The lowest BCUT2D eigenvalue weighted by molar-refractivity contribution is -0.126. The number of carbonyl (C=O) groups is 1. The molecule has 1 aromatic carbocycles. The molecule has 2 N–H and O–H groups in total. The first-order valence-electron chi connectivity index (χ1n) is 7.34. The van der Waals surface area contributed by atoms with Crippen molar-refractivity contribution in [2.24, 2.45) is 5.41 Å². The maximum atomic E-state index is 12.7. The topological polar surface area (TPSA) is 41.1 Å². The summed E-state index contributed by atoms with van der Waals surface area (Å²) in [5.41, 5.74) is 1.73. The molecule has 0 unspecified atom stereocenters. The van der Waals surface area contributed by atoms with Gasteiger partial charge in [-0.3, -0.25) is 4.79 Å². The number of hydrogen-bond donors (Lipinski definition) is 2. The van der Waals surface area contributed by atoms with Crippen LogP contribution in [0.1, 0.15) is 19.8 Å². The molecule has 0 bridgehead atoms. The van der Waals surface area contributed by atoms with E-state index in [0.29, 0.717) is 0 Å². The van der Waals surface area contributed by atoms with Crippen LogP contribution in [0.4, 0.5) is 5.69 Å². The predicted octanol–water partition coefficient (Wildman–Crippen LogP) is 3.74. The zero-order valence-electron chi connectivity index (χ0n) is 12.2. The molecule has 110 valence electrons. The minimum absolute atomic E-state index is 0.132. The molecule has 21 heavy (non-hydrogen) atoms. The van der Waals surface area contributed by atoms with E-state index in [1.165, 1.54) is 4.88 Å². The first-order valence-corrected chi connectivity index (χ1v) is 8.22. The number of para-hydroxylation sites is 1. The lowest BCUT2D eigenvalue weighted by Gasteiger charge is -2.32. The standard InChI is InChI=1S/C17H20N2OS/c1-17(8-10-18-11-9-17)16(20)19-14-6-3-2-5-13(14)15-7-4-12-21-15/h2-7,12,18H,8-11H2,1H3,(H,19,20). The monoisotopic (exact) mass is 300 g/mol. The largest absolute Gasteiger partial charge is 0.325 e. The lowest BCUT2D eigenvalue weighted by atomic mass is 9.80. The summed E-state index contributed by atoms with van der Waals surface area (Å²) >= 11 is 1.69. The second-order valence-corrected chi connectivity index (χ2v) is 6.74. The third-order valence-electron chi connectivity index (χ3n) is 4.22. The molecule has 1 amide bonds. The Morgan fingerprint density at radius 2 is 1.95 bits per heavy atom. The average molecular weight is 300 g/mol. The van der Waals surface area contributed by atoms with Crippen molar-refractivity contribution in [1.82, 2.24) is 5.32 Å². The smallest absolute Gasteiger partial charge is 0.230 e. The highest BCUT2D eigenvalue weighted by molar-refractivity contribution is 7.13. The van der Waals surface area contributed by atoms with Crippen LogP contribution in [-0.4, -0.2) is 19.0 Å². The summed E-state index contributed by atoms with van der Waals surface area (Å²) in [7, 11) is 0. The van der Waals surface area contributed by atoms with Crippen molar-refractivity contribution in [3.05, 3.63) is 41.8 Å². The minimum Gasteiger partial charge on any atom is -0.325 e. The number of amides is 1. The molecule has 1 fully saturated rings. The van der Waals surface area contributed by atoms with E-state index < -0.39 is 0 Å². The number of hydrogen-bond acceptors (Lipinski definition) is 3. The Balaban J connectivity index is 1.83. The fourth-order valence-electron chi connectivity index (χ4n) is 2.72. The first kappa shape index (κ1) is 14.3. The van der Waals surface area contributed by atoms with Gasteiger partial charge in [-0.15, -0.1) is 11.3 Å². The first-order chi connectivity index (χ1) is 10.2. The summed E-state index contributed by atoms with van der Waals surface area (Å²) in [5, 5.41) is 8.52. The molecule has 2 aromatic rings. The van der Waals surface area contributed by atoms with Gasteiger partial charge in [0, 0.05) is 21.5 Å². The molecule has 0 atom stereocenters. The lowest BCUT2D eigenvalue weighted by Crippen LogP contribution is -2.42. The Bertz CT molecular complexity index is 615. The zero-order valence-corrected chi connectivity index (χ0v) is 13.0. The minimum atomic E-state index is -0.270. The van der Waals surface area contributed by atoms with Gasteiger partial charge in [0.2, 0.25) is 5.91 Å². The van der Waals surface area contributed by atoms with Crippen LogP contribution in [0, 0.1) is 5.41 Å². The SMILES string of the molecule is CC1(C(=O)Nc2ccccc2-c2cccs2)CCNCC1. The summed E-state index contributed by atoms with van der Waals surface area (Å²) < 4.78 is 0. The number of benzene rings is 1. The van der Waals surface area contributed by atoms with Gasteiger partial charge in [-0.05, 0) is 43.4 Å². The summed E-state index contributed by atoms with van der Waals surface area (Å²) in [4.78, 5) is 13.9. The highest BCUT2D eigenvalue weighted by atomic mass is 32.1. The van der Waals surface area contributed by atoms with Gasteiger partial charge in [0.05, 0.1) is 0 Å². The molecule has 0 radical (unpaired) electrons. The number of nitrogens with one attached hydrogen (secondary N) is 2. The van der Waals surface area contributed by atoms with Crippen molar-refractivity contribution >= 4 is 22.9 Å². The summed E-state index contributed by atoms with van der Waals surface area (Å²) in [6.45, 7) is 3.89. The van der Waals surface area contributed by atoms with E-state index in [1.807, 2.05) is 24.3 Å². The van der Waals surface area contributed by atoms with Crippen molar-refractivity contribution in [3.63, 3.8) is 0 Å². The number of thiophene rings is 1. The van der Waals surface area contributed by atoms with Crippen LogP contribution in [0.15, 0.2) is 41.8 Å². The van der Waals surface area contributed by atoms with Crippen molar-refractivity contribution in [2.45, 2.75) is 19.8 Å².